The van der Waals surface area contributed by atoms with Crippen LogP contribution in [0.25, 0.3) is 0 Å². The van der Waals surface area contributed by atoms with E-state index in [-0.39, 0.29) is 0 Å². The van der Waals surface area contributed by atoms with Crippen LogP contribution in [-0.4, -0.2) is 17.1 Å². The van der Waals surface area contributed by atoms with Gasteiger partial charge in [0.05, 0.1) is 12.8 Å². The smallest absolute Gasteiger partial charge is 0.229 e. The summed E-state index contributed by atoms with van der Waals surface area (Å²) in [5, 5.41) is 6.52. The molecule has 0 fully saturated rings. The van der Waals surface area contributed by atoms with Crippen LogP contribution in [0.5, 0.6) is 5.75 Å². The number of hydrogen-bond donors (Lipinski definition) is 2. The van der Waals surface area contributed by atoms with Gasteiger partial charge in [0.2, 0.25) is 5.95 Å². The van der Waals surface area contributed by atoms with Crippen molar-refractivity contribution in [3.63, 3.8) is 0 Å². The van der Waals surface area contributed by atoms with Crippen LogP contribution < -0.4 is 15.4 Å². The molecule has 24 heavy (non-hydrogen) atoms. The molecule has 0 aliphatic heterocycles. The molecule has 0 saturated heterocycles. The second-order valence-corrected chi connectivity index (χ2v) is 5.53. The summed E-state index contributed by atoms with van der Waals surface area (Å²) in [7, 11) is 1.64. The maximum Gasteiger partial charge on any atom is 0.229 e. The third-order valence-electron chi connectivity index (χ3n) is 3.53. The monoisotopic (exact) mass is 320 g/mol. The number of benzene rings is 2. The van der Waals surface area contributed by atoms with Crippen LogP contribution in [-0.2, 0) is 0 Å². The van der Waals surface area contributed by atoms with Crippen LogP contribution in [0.1, 0.15) is 11.3 Å². The molecule has 1 heterocycles. The number of hydrogen-bond acceptors (Lipinski definition) is 5. The molecule has 0 aliphatic carbocycles. The number of ether oxygens (including phenoxy) is 1. The highest BCUT2D eigenvalue weighted by molar-refractivity contribution is 5.64. The number of para-hydroxylation sites is 2. The van der Waals surface area contributed by atoms with Crippen molar-refractivity contribution in [3.8, 4) is 5.75 Å². The summed E-state index contributed by atoms with van der Waals surface area (Å²) in [5.41, 5.74) is 3.91. The summed E-state index contributed by atoms with van der Waals surface area (Å²) in [6.07, 6.45) is 0. The van der Waals surface area contributed by atoms with Crippen molar-refractivity contribution in [1.82, 2.24) is 9.97 Å². The van der Waals surface area contributed by atoms with E-state index in [1.54, 1.807) is 7.11 Å². The predicted octanol–water partition coefficient (Wildman–Crippen LogP) is 4.59. The topological polar surface area (TPSA) is 59.1 Å². The molecule has 1 aromatic heterocycles. The van der Waals surface area contributed by atoms with Crippen molar-refractivity contribution < 1.29 is 4.74 Å². The van der Waals surface area contributed by atoms with E-state index in [0.29, 0.717) is 5.95 Å². The van der Waals surface area contributed by atoms with Crippen molar-refractivity contribution in [1.29, 1.82) is 0 Å². The minimum absolute atomic E-state index is 0.522. The highest BCUT2D eigenvalue weighted by Crippen LogP contribution is 2.26. The number of anilines is 4. The van der Waals surface area contributed by atoms with E-state index in [2.05, 4.69) is 39.7 Å². The molecule has 0 bridgehead atoms. The van der Waals surface area contributed by atoms with Gasteiger partial charge >= 0.3 is 0 Å². The molecule has 0 atom stereocenters. The van der Waals surface area contributed by atoms with E-state index in [4.69, 9.17) is 4.74 Å². The van der Waals surface area contributed by atoms with Gasteiger partial charge < -0.3 is 15.4 Å². The molecule has 2 N–H and O–H groups in total. The lowest BCUT2D eigenvalue weighted by molar-refractivity contribution is 0.417. The lowest BCUT2D eigenvalue weighted by Crippen LogP contribution is -2.03. The normalized spacial score (nSPS) is 10.3. The minimum Gasteiger partial charge on any atom is -0.495 e. The zero-order chi connectivity index (χ0) is 16.9. The molecule has 0 amide bonds. The van der Waals surface area contributed by atoms with Crippen LogP contribution in [0.15, 0.2) is 54.6 Å². The van der Waals surface area contributed by atoms with Gasteiger partial charge in [-0.3, -0.25) is 0 Å². The average Bonchev–Trinajstić information content (AvgIpc) is 2.57. The van der Waals surface area contributed by atoms with Crippen molar-refractivity contribution in [2.24, 2.45) is 0 Å². The summed E-state index contributed by atoms with van der Waals surface area (Å²) >= 11 is 0. The Morgan fingerprint density at radius 3 is 2.38 bits per heavy atom. The van der Waals surface area contributed by atoms with Gasteiger partial charge in [-0.25, -0.2) is 4.98 Å². The van der Waals surface area contributed by atoms with E-state index >= 15 is 0 Å². The van der Waals surface area contributed by atoms with Gasteiger partial charge in [-0.05, 0) is 38.1 Å². The van der Waals surface area contributed by atoms with E-state index in [9.17, 15) is 0 Å². The molecule has 3 rings (SSSR count). The molecule has 122 valence electrons. The Hall–Kier alpha value is -3.08. The van der Waals surface area contributed by atoms with Gasteiger partial charge in [-0.15, -0.1) is 0 Å². The minimum atomic E-state index is 0.522. The fraction of sp³-hybridized carbons (Fsp3) is 0.158. The van der Waals surface area contributed by atoms with Gasteiger partial charge in [0, 0.05) is 17.4 Å². The number of rotatable bonds is 5. The fourth-order valence-electron chi connectivity index (χ4n) is 2.34. The second-order valence-electron chi connectivity index (χ2n) is 5.53. The highest BCUT2D eigenvalue weighted by atomic mass is 16.5. The van der Waals surface area contributed by atoms with E-state index < -0.39 is 0 Å². The third-order valence-corrected chi connectivity index (χ3v) is 3.53. The zero-order valence-corrected chi connectivity index (χ0v) is 14.0. The Morgan fingerprint density at radius 2 is 1.62 bits per heavy atom. The van der Waals surface area contributed by atoms with E-state index in [1.165, 1.54) is 5.56 Å². The lowest BCUT2D eigenvalue weighted by Gasteiger charge is -2.12. The first kappa shape index (κ1) is 15.8. The standard InChI is InChI=1S/C19H20N4O/c1-13-8-10-15(11-9-13)21-18-12-14(2)20-19(23-18)22-16-6-4-5-7-17(16)24-3/h4-12H,1-3H3,(H2,20,21,22,23). The number of nitrogens with one attached hydrogen (secondary N) is 2. The highest BCUT2D eigenvalue weighted by Gasteiger charge is 2.06. The first-order chi connectivity index (χ1) is 11.6. The number of aryl methyl sites for hydroxylation is 2. The van der Waals surface area contributed by atoms with Gasteiger partial charge in [-0.1, -0.05) is 29.8 Å². The molecule has 5 heteroatoms. The molecule has 0 unspecified atom stereocenters. The summed E-state index contributed by atoms with van der Waals surface area (Å²) in [5.74, 6) is 2.01. The first-order valence-electron chi connectivity index (χ1n) is 7.73. The molecule has 0 aliphatic rings. The van der Waals surface area contributed by atoms with Gasteiger partial charge in [-0.2, -0.15) is 4.98 Å². The zero-order valence-electron chi connectivity index (χ0n) is 14.0. The largest absolute Gasteiger partial charge is 0.495 e. The SMILES string of the molecule is COc1ccccc1Nc1nc(C)cc(Nc2ccc(C)cc2)n1. The maximum atomic E-state index is 5.35. The summed E-state index contributed by atoms with van der Waals surface area (Å²) in [6.45, 7) is 4.00. The number of methoxy groups -OCH3 is 1. The van der Waals surface area contributed by atoms with Crippen LogP contribution >= 0.6 is 0 Å². The van der Waals surface area contributed by atoms with Gasteiger partial charge in [0.15, 0.2) is 0 Å². The van der Waals surface area contributed by atoms with Crippen molar-refractivity contribution in [3.05, 3.63) is 65.9 Å². The van der Waals surface area contributed by atoms with E-state index in [1.807, 2.05) is 49.4 Å². The third kappa shape index (κ3) is 3.81. The second kappa shape index (κ2) is 7.00. The molecule has 0 saturated carbocycles. The molecule has 0 radical (unpaired) electrons. The van der Waals surface area contributed by atoms with Gasteiger partial charge in [0.1, 0.15) is 11.6 Å². The molecular formula is C19H20N4O. The maximum absolute atomic E-state index is 5.35. The molecule has 2 aromatic carbocycles. The summed E-state index contributed by atoms with van der Waals surface area (Å²) in [6, 6.07) is 17.8. The average molecular weight is 320 g/mol. The van der Waals surface area contributed by atoms with Crippen LogP contribution in [0, 0.1) is 13.8 Å². The first-order valence-corrected chi connectivity index (χ1v) is 7.73. The van der Waals surface area contributed by atoms with Crippen molar-refractivity contribution in [2.75, 3.05) is 17.7 Å². The van der Waals surface area contributed by atoms with Crippen molar-refractivity contribution >= 4 is 23.1 Å². The summed E-state index contributed by atoms with van der Waals surface area (Å²) in [4.78, 5) is 8.98. The Balaban J connectivity index is 1.84. The lowest BCUT2D eigenvalue weighted by atomic mass is 10.2. The summed E-state index contributed by atoms with van der Waals surface area (Å²) < 4.78 is 5.35. The van der Waals surface area contributed by atoms with Crippen LogP contribution in [0.4, 0.5) is 23.1 Å². The molecule has 0 spiro atoms. The van der Waals surface area contributed by atoms with E-state index in [0.717, 1.165) is 28.6 Å². The Labute approximate surface area is 141 Å². The predicted molar refractivity (Wildman–Crippen MR) is 97.5 cm³/mol. The molecule has 3 aromatic rings. The number of aromatic nitrogens is 2. The Kier molecular flexibility index (Phi) is 4.61. The van der Waals surface area contributed by atoms with Crippen LogP contribution in [0.2, 0.25) is 0 Å². The molecular weight excluding hydrogens is 300 g/mol. The van der Waals surface area contributed by atoms with Crippen molar-refractivity contribution in [2.45, 2.75) is 13.8 Å². The Bertz CT molecular complexity index is 831. The number of nitrogens with zero attached hydrogens (tertiary/aromatic N) is 2. The Morgan fingerprint density at radius 1 is 0.875 bits per heavy atom. The van der Waals surface area contributed by atoms with Crippen LogP contribution in [0.3, 0.4) is 0 Å². The van der Waals surface area contributed by atoms with Gasteiger partial charge in [0.25, 0.3) is 0 Å². The molecule has 5 nitrogen and oxygen atoms in total. The quantitative estimate of drug-likeness (QED) is 0.720. The fourth-order valence-corrected chi connectivity index (χ4v) is 2.34.